The molecule has 2 amide bonds. The Morgan fingerprint density at radius 3 is 2.73 bits per heavy atom. The molecule has 7 heteroatoms. The van der Waals surface area contributed by atoms with Gasteiger partial charge in [-0.2, -0.15) is 0 Å². The van der Waals surface area contributed by atoms with Crippen molar-refractivity contribution in [2.75, 3.05) is 25.0 Å². The lowest BCUT2D eigenvalue weighted by molar-refractivity contribution is -0.145. The van der Waals surface area contributed by atoms with Gasteiger partial charge in [0.25, 0.3) is 11.8 Å². The fourth-order valence-corrected chi connectivity index (χ4v) is 3.62. The second kappa shape index (κ2) is 7.86. The van der Waals surface area contributed by atoms with Crippen LogP contribution in [0.2, 0.25) is 0 Å². The van der Waals surface area contributed by atoms with Gasteiger partial charge in [0.1, 0.15) is 6.10 Å². The van der Waals surface area contributed by atoms with Gasteiger partial charge in [0, 0.05) is 30.9 Å². The number of nitrogens with zero attached hydrogens (tertiary/aromatic N) is 1. The van der Waals surface area contributed by atoms with Crippen molar-refractivity contribution in [1.29, 1.82) is 0 Å². The van der Waals surface area contributed by atoms with Crippen molar-refractivity contribution in [3.05, 3.63) is 29.8 Å². The third-order valence-corrected chi connectivity index (χ3v) is 5.11. The molecule has 0 radical (unpaired) electrons. The van der Waals surface area contributed by atoms with Crippen LogP contribution < -0.4 is 5.32 Å². The Balaban J connectivity index is 1.65. The third-order valence-electron chi connectivity index (χ3n) is 5.11. The van der Waals surface area contributed by atoms with Gasteiger partial charge in [0.2, 0.25) is 0 Å². The molecule has 3 unspecified atom stereocenters. The number of carbonyl (C=O) groups excluding carboxylic acids is 2. The van der Waals surface area contributed by atoms with E-state index >= 15 is 0 Å². The first kappa shape index (κ1) is 18.4. The van der Waals surface area contributed by atoms with Gasteiger partial charge in [0.15, 0.2) is 0 Å². The molecule has 3 atom stereocenters. The summed E-state index contributed by atoms with van der Waals surface area (Å²) in [6.45, 7) is 3.30. The Bertz CT molecular complexity index is 699. The van der Waals surface area contributed by atoms with E-state index in [-0.39, 0.29) is 17.7 Å². The van der Waals surface area contributed by atoms with Crippen LogP contribution in [0.4, 0.5) is 5.69 Å². The number of anilines is 1. The van der Waals surface area contributed by atoms with Crippen molar-refractivity contribution in [2.24, 2.45) is 11.8 Å². The molecule has 2 saturated heterocycles. The van der Waals surface area contributed by atoms with Gasteiger partial charge in [-0.3, -0.25) is 14.4 Å². The van der Waals surface area contributed by atoms with Crippen LogP contribution in [0.1, 0.15) is 36.5 Å². The van der Waals surface area contributed by atoms with Gasteiger partial charge in [-0.15, -0.1) is 0 Å². The van der Waals surface area contributed by atoms with Gasteiger partial charge < -0.3 is 20.1 Å². The van der Waals surface area contributed by atoms with Crippen LogP contribution in [0.5, 0.6) is 0 Å². The fraction of sp³-hybridized carbons (Fsp3) is 0.526. The third kappa shape index (κ3) is 4.04. The predicted molar refractivity (Wildman–Crippen MR) is 94.9 cm³/mol. The van der Waals surface area contributed by atoms with E-state index in [0.717, 1.165) is 6.42 Å². The highest BCUT2D eigenvalue weighted by Crippen LogP contribution is 2.25. The molecule has 0 aromatic heterocycles. The van der Waals surface area contributed by atoms with E-state index in [9.17, 15) is 19.5 Å². The molecule has 2 N–H and O–H groups in total. The number of likely N-dealkylation sites (tertiary alicyclic amines) is 1. The minimum atomic E-state index is -0.802. The number of carbonyl (C=O) groups is 3. The fourth-order valence-electron chi connectivity index (χ4n) is 3.62. The summed E-state index contributed by atoms with van der Waals surface area (Å²) in [5, 5.41) is 12.0. The van der Waals surface area contributed by atoms with Crippen LogP contribution >= 0.6 is 0 Å². The van der Waals surface area contributed by atoms with E-state index in [4.69, 9.17) is 4.74 Å². The number of ether oxygens (including phenoxy) is 1. The highest BCUT2D eigenvalue weighted by Gasteiger charge is 2.33. The SMILES string of the molecule is CC1CN(C(=O)c2cccc(NC(=O)C3CCCO3)c2)CCC1C(=O)O. The number of hydrogen-bond donors (Lipinski definition) is 2. The number of benzene rings is 1. The van der Waals surface area contributed by atoms with Crippen molar-refractivity contribution in [3.63, 3.8) is 0 Å². The van der Waals surface area contributed by atoms with Crippen molar-refractivity contribution < 1.29 is 24.2 Å². The number of carboxylic acids is 1. The maximum absolute atomic E-state index is 12.8. The Morgan fingerprint density at radius 1 is 1.27 bits per heavy atom. The van der Waals surface area contributed by atoms with Crippen molar-refractivity contribution >= 4 is 23.5 Å². The van der Waals surface area contributed by atoms with Crippen molar-refractivity contribution in [2.45, 2.75) is 32.3 Å². The van der Waals surface area contributed by atoms with E-state index in [0.29, 0.717) is 43.8 Å². The molecule has 0 bridgehead atoms. The van der Waals surface area contributed by atoms with E-state index in [1.54, 1.807) is 29.2 Å². The largest absolute Gasteiger partial charge is 0.481 e. The number of nitrogens with one attached hydrogen (secondary N) is 1. The summed E-state index contributed by atoms with van der Waals surface area (Å²) in [5.74, 6) is -1.64. The molecule has 3 rings (SSSR count). The molecule has 2 aliphatic rings. The van der Waals surface area contributed by atoms with E-state index in [1.165, 1.54) is 0 Å². The molecule has 2 fully saturated rings. The maximum Gasteiger partial charge on any atom is 0.306 e. The first-order valence-corrected chi connectivity index (χ1v) is 9.00. The topological polar surface area (TPSA) is 95.9 Å². The van der Waals surface area contributed by atoms with Gasteiger partial charge >= 0.3 is 5.97 Å². The first-order valence-electron chi connectivity index (χ1n) is 9.00. The van der Waals surface area contributed by atoms with E-state index in [1.807, 2.05) is 6.92 Å². The normalized spacial score (nSPS) is 25.7. The molecule has 0 saturated carbocycles. The van der Waals surface area contributed by atoms with Gasteiger partial charge in [0.05, 0.1) is 5.92 Å². The maximum atomic E-state index is 12.8. The van der Waals surface area contributed by atoms with Crippen LogP contribution in [-0.2, 0) is 14.3 Å². The summed E-state index contributed by atoms with van der Waals surface area (Å²) < 4.78 is 5.37. The number of aliphatic carboxylic acids is 1. The Morgan fingerprint density at radius 2 is 2.08 bits per heavy atom. The summed E-state index contributed by atoms with van der Waals surface area (Å²) in [4.78, 5) is 37.8. The number of piperidine rings is 1. The second-order valence-electron chi connectivity index (χ2n) is 7.03. The molecule has 0 aliphatic carbocycles. The summed E-state index contributed by atoms with van der Waals surface area (Å²) >= 11 is 0. The molecule has 1 aromatic carbocycles. The van der Waals surface area contributed by atoms with Crippen molar-refractivity contribution in [1.82, 2.24) is 4.90 Å². The summed E-state index contributed by atoms with van der Waals surface area (Å²) in [7, 11) is 0. The van der Waals surface area contributed by atoms with E-state index in [2.05, 4.69) is 5.32 Å². The zero-order valence-electron chi connectivity index (χ0n) is 14.8. The molecule has 7 nitrogen and oxygen atoms in total. The van der Waals surface area contributed by atoms with Crippen molar-refractivity contribution in [3.8, 4) is 0 Å². The number of carboxylic acid groups (broad SMARTS) is 1. The average Bonchev–Trinajstić information content (AvgIpc) is 3.15. The summed E-state index contributed by atoms with van der Waals surface area (Å²) in [5.41, 5.74) is 1.04. The molecule has 0 spiro atoms. The monoisotopic (exact) mass is 360 g/mol. The van der Waals surface area contributed by atoms with Crippen LogP contribution in [0.15, 0.2) is 24.3 Å². The van der Waals surface area contributed by atoms with E-state index < -0.39 is 18.0 Å². The molecular formula is C19H24N2O5. The van der Waals surface area contributed by atoms with Gasteiger partial charge in [-0.25, -0.2) is 0 Å². The predicted octanol–water partition coefficient (Wildman–Crippen LogP) is 1.99. The van der Waals surface area contributed by atoms with Gasteiger partial charge in [-0.05, 0) is 43.4 Å². The van der Waals surface area contributed by atoms with Crippen LogP contribution in [0.3, 0.4) is 0 Å². The average molecular weight is 360 g/mol. The summed E-state index contributed by atoms with van der Waals surface area (Å²) in [6.07, 6.45) is 1.62. The lowest BCUT2D eigenvalue weighted by Crippen LogP contribution is -2.45. The first-order chi connectivity index (χ1) is 12.5. The Labute approximate surface area is 152 Å². The number of hydrogen-bond acceptors (Lipinski definition) is 4. The quantitative estimate of drug-likeness (QED) is 0.856. The summed E-state index contributed by atoms with van der Waals surface area (Å²) in [6, 6.07) is 6.83. The Kier molecular flexibility index (Phi) is 5.56. The standard InChI is InChI=1S/C19H24N2O5/c1-12-11-21(8-7-15(12)19(24)25)18(23)13-4-2-5-14(10-13)20-17(22)16-6-3-9-26-16/h2,4-5,10,12,15-16H,3,6-9,11H2,1H3,(H,20,22)(H,24,25). The lowest BCUT2D eigenvalue weighted by Gasteiger charge is -2.35. The molecular weight excluding hydrogens is 336 g/mol. The molecule has 2 heterocycles. The van der Waals surface area contributed by atoms with Crippen LogP contribution in [0.25, 0.3) is 0 Å². The minimum absolute atomic E-state index is 0.0902. The Hall–Kier alpha value is -2.41. The molecule has 140 valence electrons. The van der Waals surface area contributed by atoms with Gasteiger partial charge in [-0.1, -0.05) is 13.0 Å². The highest BCUT2D eigenvalue weighted by molar-refractivity contribution is 5.98. The molecule has 2 aliphatic heterocycles. The molecule has 26 heavy (non-hydrogen) atoms. The molecule has 1 aromatic rings. The highest BCUT2D eigenvalue weighted by atomic mass is 16.5. The zero-order valence-corrected chi connectivity index (χ0v) is 14.8. The number of rotatable bonds is 4. The zero-order chi connectivity index (χ0) is 18.7. The number of amides is 2. The lowest BCUT2D eigenvalue weighted by atomic mass is 9.87. The second-order valence-corrected chi connectivity index (χ2v) is 7.03. The van der Waals surface area contributed by atoms with Crippen LogP contribution in [0, 0.1) is 11.8 Å². The van der Waals surface area contributed by atoms with Crippen LogP contribution in [-0.4, -0.2) is 53.6 Å². The minimum Gasteiger partial charge on any atom is -0.481 e. The smallest absolute Gasteiger partial charge is 0.306 e.